The number of anilines is 1. The first-order chi connectivity index (χ1) is 13.6. The Balaban J connectivity index is 1.47. The number of hydrogen-bond donors (Lipinski definition) is 2. The standard InChI is InChI=1S/C20H22N6O2/c1-25-18(9-14-5-3-2-4-6-14)17(12-22-25)20(28)24-15-10-23-26(13-15)16-7-8-19(27)21-11-16/h2-6,10,12-13,16H,7-9,11H2,1H3,(H,21,27)(H,24,28). The van der Waals surface area contributed by atoms with Gasteiger partial charge in [0.2, 0.25) is 5.91 Å². The van der Waals surface area contributed by atoms with Crippen LogP contribution in [0.1, 0.15) is 40.5 Å². The van der Waals surface area contributed by atoms with Crippen LogP contribution in [0.25, 0.3) is 0 Å². The number of carbonyl (C=O) groups is 2. The molecule has 1 atom stereocenters. The van der Waals surface area contributed by atoms with Crippen LogP contribution in [0.2, 0.25) is 0 Å². The van der Waals surface area contributed by atoms with Gasteiger partial charge in [-0.05, 0) is 12.0 Å². The minimum atomic E-state index is -0.212. The minimum absolute atomic E-state index is 0.0689. The van der Waals surface area contributed by atoms with Crippen LogP contribution < -0.4 is 10.6 Å². The number of carbonyl (C=O) groups excluding carboxylic acids is 2. The molecule has 28 heavy (non-hydrogen) atoms. The van der Waals surface area contributed by atoms with Crippen LogP contribution in [-0.2, 0) is 18.3 Å². The van der Waals surface area contributed by atoms with Crippen molar-refractivity contribution in [1.29, 1.82) is 0 Å². The van der Waals surface area contributed by atoms with Crippen molar-refractivity contribution in [1.82, 2.24) is 24.9 Å². The Morgan fingerprint density at radius 3 is 2.82 bits per heavy atom. The van der Waals surface area contributed by atoms with Gasteiger partial charge in [-0.3, -0.25) is 19.0 Å². The Morgan fingerprint density at radius 1 is 1.25 bits per heavy atom. The van der Waals surface area contributed by atoms with Gasteiger partial charge in [0.05, 0.1) is 35.4 Å². The number of hydrogen-bond acceptors (Lipinski definition) is 4. The Bertz CT molecular complexity index is 981. The number of aromatic nitrogens is 4. The predicted octanol–water partition coefficient (Wildman–Crippen LogP) is 1.91. The molecule has 1 aromatic carbocycles. The highest BCUT2D eigenvalue weighted by molar-refractivity contribution is 6.04. The van der Waals surface area contributed by atoms with Crippen molar-refractivity contribution in [2.45, 2.75) is 25.3 Å². The molecule has 144 valence electrons. The molecular weight excluding hydrogens is 356 g/mol. The van der Waals surface area contributed by atoms with Crippen LogP contribution in [0.3, 0.4) is 0 Å². The highest BCUT2D eigenvalue weighted by Crippen LogP contribution is 2.20. The third-order valence-electron chi connectivity index (χ3n) is 4.99. The van der Waals surface area contributed by atoms with E-state index in [1.165, 1.54) is 0 Å². The van der Waals surface area contributed by atoms with Crippen molar-refractivity contribution >= 4 is 17.5 Å². The normalized spacial score (nSPS) is 16.6. The molecule has 1 unspecified atom stereocenters. The lowest BCUT2D eigenvalue weighted by atomic mass is 10.1. The molecule has 0 radical (unpaired) electrons. The average Bonchev–Trinajstić information content (AvgIpc) is 3.31. The van der Waals surface area contributed by atoms with Gasteiger partial charge in [-0.15, -0.1) is 0 Å². The Hall–Kier alpha value is -3.42. The topological polar surface area (TPSA) is 93.8 Å². The maximum atomic E-state index is 12.8. The summed E-state index contributed by atoms with van der Waals surface area (Å²) in [6.45, 7) is 0.553. The zero-order chi connectivity index (χ0) is 19.5. The number of nitrogens with one attached hydrogen (secondary N) is 2. The number of rotatable bonds is 5. The van der Waals surface area contributed by atoms with E-state index in [2.05, 4.69) is 20.8 Å². The van der Waals surface area contributed by atoms with Crippen molar-refractivity contribution in [2.24, 2.45) is 7.05 Å². The van der Waals surface area contributed by atoms with Gasteiger partial charge in [-0.1, -0.05) is 30.3 Å². The molecule has 2 amide bonds. The zero-order valence-corrected chi connectivity index (χ0v) is 15.6. The van der Waals surface area contributed by atoms with E-state index in [0.29, 0.717) is 30.6 Å². The van der Waals surface area contributed by atoms with Crippen molar-refractivity contribution in [2.75, 3.05) is 11.9 Å². The Morgan fingerprint density at radius 2 is 2.07 bits per heavy atom. The van der Waals surface area contributed by atoms with Crippen LogP contribution in [0.4, 0.5) is 5.69 Å². The largest absolute Gasteiger partial charge is 0.354 e. The summed E-state index contributed by atoms with van der Waals surface area (Å²) in [5.41, 5.74) is 3.14. The summed E-state index contributed by atoms with van der Waals surface area (Å²) in [6.07, 6.45) is 6.88. The molecule has 3 heterocycles. The first-order valence-corrected chi connectivity index (χ1v) is 9.27. The molecule has 0 spiro atoms. The quantitative estimate of drug-likeness (QED) is 0.709. The van der Waals surface area contributed by atoms with Crippen LogP contribution >= 0.6 is 0 Å². The first kappa shape index (κ1) is 18.0. The van der Waals surface area contributed by atoms with E-state index >= 15 is 0 Å². The van der Waals surface area contributed by atoms with E-state index in [0.717, 1.165) is 17.7 Å². The second-order valence-electron chi connectivity index (χ2n) is 6.95. The molecule has 3 aromatic rings. The van der Waals surface area contributed by atoms with Gasteiger partial charge >= 0.3 is 0 Å². The van der Waals surface area contributed by atoms with Crippen molar-refractivity contribution in [3.8, 4) is 0 Å². The monoisotopic (exact) mass is 378 g/mol. The molecule has 0 saturated carbocycles. The second-order valence-corrected chi connectivity index (χ2v) is 6.95. The first-order valence-electron chi connectivity index (χ1n) is 9.27. The molecule has 0 bridgehead atoms. The fraction of sp³-hybridized carbons (Fsp3) is 0.300. The average molecular weight is 378 g/mol. The van der Waals surface area contributed by atoms with Crippen LogP contribution in [0, 0.1) is 0 Å². The summed E-state index contributed by atoms with van der Waals surface area (Å²) < 4.78 is 3.53. The van der Waals surface area contributed by atoms with Crippen molar-refractivity contribution < 1.29 is 9.59 Å². The van der Waals surface area contributed by atoms with Gasteiger partial charge in [-0.2, -0.15) is 10.2 Å². The van der Waals surface area contributed by atoms with Gasteiger partial charge in [-0.25, -0.2) is 0 Å². The predicted molar refractivity (Wildman–Crippen MR) is 104 cm³/mol. The minimum Gasteiger partial charge on any atom is -0.354 e. The van der Waals surface area contributed by atoms with Crippen LogP contribution in [0.15, 0.2) is 48.9 Å². The number of benzene rings is 1. The summed E-state index contributed by atoms with van der Waals surface area (Å²) in [7, 11) is 1.84. The molecule has 1 saturated heterocycles. The van der Waals surface area contributed by atoms with Gasteiger partial charge in [0.25, 0.3) is 5.91 Å². The fourth-order valence-corrected chi connectivity index (χ4v) is 3.40. The molecule has 0 aliphatic carbocycles. The van der Waals surface area contributed by atoms with Gasteiger partial charge < -0.3 is 10.6 Å². The highest BCUT2D eigenvalue weighted by Gasteiger charge is 2.21. The smallest absolute Gasteiger partial charge is 0.259 e. The van der Waals surface area contributed by atoms with E-state index in [1.807, 2.05) is 37.4 Å². The maximum absolute atomic E-state index is 12.8. The van der Waals surface area contributed by atoms with Gasteiger partial charge in [0.1, 0.15) is 0 Å². The summed E-state index contributed by atoms with van der Waals surface area (Å²) in [4.78, 5) is 24.1. The molecule has 1 fully saturated rings. The van der Waals surface area contributed by atoms with E-state index in [-0.39, 0.29) is 17.9 Å². The molecule has 1 aliphatic heterocycles. The Labute approximate surface area is 162 Å². The number of amides is 2. The van der Waals surface area contributed by atoms with E-state index in [1.54, 1.807) is 28.0 Å². The molecule has 2 aromatic heterocycles. The van der Waals surface area contributed by atoms with Gasteiger partial charge in [0.15, 0.2) is 0 Å². The molecule has 4 rings (SSSR count). The molecular formula is C20H22N6O2. The SMILES string of the molecule is Cn1ncc(C(=O)Nc2cnn(C3CCC(=O)NC3)c2)c1Cc1ccccc1. The summed E-state index contributed by atoms with van der Waals surface area (Å²) in [5.74, 6) is -0.144. The van der Waals surface area contributed by atoms with Crippen molar-refractivity contribution in [3.05, 3.63) is 65.7 Å². The molecule has 1 aliphatic rings. The molecule has 2 N–H and O–H groups in total. The number of piperidine rings is 1. The van der Waals surface area contributed by atoms with Crippen LogP contribution in [0.5, 0.6) is 0 Å². The Kier molecular flexibility index (Phi) is 4.92. The number of nitrogens with zero attached hydrogens (tertiary/aromatic N) is 4. The third kappa shape index (κ3) is 3.80. The van der Waals surface area contributed by atoms with Gasteiger partial charge in [0, 0.05) is 32.6 Å². The lowest BCUT2D eigenvalue weighted by molar-refractivity contribution is -0.122. The number of aryl methyl sites for hydroxylation is 1. The van der Waals surface area contributed by atoms with E-state index < -0.39 is 0 Å². The lowest BCUT2D eigenvalue weighted by Crippen LogP contribution is -2.36. The summed E-state index contributed by atoms with van der Waals surface area (Å²) >= 11 is 0. The van der Waals surface area contributed by atoms with Crippen molar-refractivity contribution in [3.63, 3.8) is 0 Å². The summed E-state index contributed by atoms with van der Waals surface area (Å²) in [6, 6.07) is 10.1. The highest BCUT2D eigenvalue weighted by atomic mass is 16.2. The second kappa shape index (κ2) is 7.67. The maximum Gasteiger partial charge on any atom is 0.259 e. The lowest BCUT2D eigenvalue weighted by Gasteiger charge is -2.22. The third-order valence-corrected chi connectivity index (χ3v) is 4.99. The van der Waals surface area contributed by atoms with Crippen LogP contribution in [-0.4, -0.2) is 37.9 Å². The van der Waals surface area contributed by atoms with E-state index in [9.17, 15) is 9.59 Å². The summed E-state index contributed by atoms with van der Waals surface area (Å²) in [5, 5.41) is 14.3. The van der Waals surface area contributed by atoms with E-state index in [4.69, 9.17) is 0 Å². The zero-order valence-electron chi connectivity index (χ0n) is 15.6. The molecule has 8 nitrogen and oxygen atoms in total. The molecule has 8 heteroatoms. The fourth-order valence-electron chi connectivity index (χ4n) is 3.40.